The number of nitrogens with zero attached hydrogens (tertiary/aromatic N) is 2. The maximum atomic E-state index is 11.8. The highest BCUT2D eigenvalue weighted by atomic mass is 79.9. The fourth-order valence-corrected chi connectivity index (χ4v) is 2.62. The summed E-state index contributed by atoms with van der Waals surface area (Å²) in [6, 6.07) is 5.39. The summed E-state index contributed by atoms with van der Waals surface area (Å²) in [7, 11) is 0. The number of benzene rings is 1. The number of aryl methyl sites for hydroxylation is 1. The Kier molecular flexibility index (Phi) is 4.35. The van der Waals surface area contributed by atoms with Gasteiger partial charge in [-0.3, -0.25) is 4.57 Å². The lowest BCUT2D eigenvalue weighted by atomic mass is 10.3. The highest BCUT2D eigenvalue weighted by Gasteiger charge is 2.21. The summed E-state index contributed by atoms with van der Waals surface area (Å²) in [6.07, 6.45) is 0. The molecule has 0 aliphatic carbocycles. The van der Waals surface area contributed by atoms with Crippen molar-refractivity contribution >= 4 is 39.3 Å². The second-order valence-electron chi connectivity index (χ2n) is 4.04. The van der Waals surface area contributed by atoms with E-state index < -0.39 is 5.97 Å². The number of anilines is 1. The summed E-state index contributed by atoms with van der Waals surface area (Å²) in [5, 5.41) is 0.502. The fraction of sp³-hybridized carbons (Fsp3) is 0.231. The molecule has 2 rings (SSSR count). The Hall–Kier alpha value is -1.53. The zero-order chi connectivity index (χ0) is 14.9. The van der Waals surface area contributed by atoms with Crippen LogP contribution in [0.5, 0.6) is 0 Å². The number of rotatable bonds is 3. The molecule has 0 spiro atoms. The largest absolute Gasteiger partial charge is 0.461 e. The molecule has 0 amide bonds. The predicted octanol–water partition coefficient (Wildman–Crippen LogP) is 3.36. The van der Waals surface area contributed by atoms with Crippen molar-refractivity contribution in [3.63, 3.8) is 0 Å². The molecule has 5 nitrogen and oxygen atoms in total. The molecule has 106 valence electrons. The first-order valence-corrected chi connectivity index (χ1v) is 7.10. The molecule has 7 heteroatoms. The first-order valence-electron chi connectivity index (χ1n) is 5.93. The summed E-state index contributed by atoms with van der Waals surface area (Å²) >= 11 is 9.55. The van der Waals surface area contributed by atoms with Gasteiger partial charge in [0.05, 0.1) is 17.3 Å². The van der Waals surface area contributed by atoms with E-state index in [1.807, 2.05) is 6.07 Å². The van der Waals surface area contributed by atoms with Gasteiger partial charge >= 0.3 is 5.97 Å². The van der Waals surface area contributed by atoms with Crippen LogP contribution in [0.4, 0.5) is 5.82 Å². The van der Waals surface area contributed by atoms with Gasteiger partial charge in [-0.15, -0.1) is 0 Å². The minimum atomic E-state index is -0.542. The van der Waals surface area contributed by atoms with Crippen LogP contribution in [0.2, 0.25) is 5.02 Å². The van der Waals surface area contributed by atoms with Crippen LogP contribution < -0.4 is 5.73 Å². The Balaban J connectivity index is 2.55. The number of nitrogen functional groups attached to an aromatic ring is 1. The van der Waals surface area contributed by atoms with Crippen molar-refractivity contribution in [1.82, 2.24) is 9.55 Å². The zero-order valence-electron chi connectivity index (χ0n) is 11.0. The highest BCUT2D eigenvalue weighted by molar-refractivity contribution is 9.10. The van der Waals surface area contributed by atoms with E-state index in [2.05, 4.69) is 20.9 Å². The molecule has 0 unspecified atom stereocenters. The molecule has 1 aromatic heterocycles. The standard InChI is InChI=1S/C13H13BrClN3O2/c1-3-20-13(19)11-12(16)18(7(2)17-11)10-5-4-8(14)6-9(10)15/h4-6H,3,16H2,1-2H3. The number of hydrogen-bond acceptors (Lipinski definition) is 4. The number of halogens is 2. The van der Waals surface area contributed by atoms with Gasteiger partial charge < -0.3 is 10.5 Å². The minimum absolute atomic E-state index is 0.100. The zero-order valence-corrected chi connectivity index (χ0v) is 13.3. The SMILES string of the molecule is CCOC(=O)c1nc(C)n(-c2ccc(Br)cc2Cl)c1N. The van der Waals surface area contributed by atoms with Crippen molar-refractivity contribution in [2.75, 3.05) is 12.3 Å². The van der Waals surface area contributed by atoms with Gasteiger partial charge in [0.25, 0.3) is 0 Å². The number of carbonyl (C=O) groups excluding carboxylic acids is 1. The van der Waals surface area contributed by atoms with Gasteiger partial charge in [-0.25, -0.2) is 9.78 Å². The molecule has 2 aromatic rings. The second-order valence-corrected chi connectivity index (χ2v) is 5.37. The van der Waals surface area contributed by atoms with E-state index in [9.17, 15) is 4.79 Å². The molecule has 0 bridgehead atoms. The van der Waals surface area contributed by atoms with E-state index in [0.717, 1.165) is 4.47 Å². The fourth-order valence-electron chi connectivity index (χ4n) is 1.87. The van der Waals surface area contributed by atoms with E-state index >= 15 is 0 Å². The summed E-state index contributed by atoms with van der Waals surface area (Å²) in [6.45, 7) is 3.74. The maximum Gasteiger partial charge on any atom is 0.360 e. The molecule has 0 atom stereocenters. The molecule has 0 radical (unpaired) electrons. The van der Waals surface area contributed by atoms with E-state index in [4.69, 9.17) is 22.1 Å². The normalized spacial score (nSPS) is 10.6. The Labute approximate surface area is 129 Å². The van der Waals surface area contributed by atoms with Crippen LogP contribution in [-0.4, -0.2) is 22.1 Å². The molecule has 0 fully saturated rings. The quantitative estimate of drug-likeness (QED) is 0.854. The van der Waals surface area contributed by atoms with Gasteiger partial charge in [-0.2, -0.15) is 0 Å². The summed E-state index contributed by atoms with van der Waals surface area (Å²) < 4.78 is 7.41. The van der Waals surface area contributed by atoms with Gasteiger partial charge in [0.2, 0.25) is 0 Å². The number of nitrogens with two attached hydrogens (primary N) is 1. The first kappa shape index (κ1) is 14.9. The Bertz CT molecular complexity index is 670. The van der Waals surface area contributed by atoms with Crippen LogP contribution in [0.3, 0.4) is 0 Å². The van der Waals surface area contributed by atoms with Gasteiger partial charge in [0.15, 0.2) is 5.69 Å². The van der Waals surface area contributed by atoms with Gasteiger partial charge in [0.1, 0.15) is 11.6 Å². The number of aromatic nitrogens is 2. The topological polar surface area (TPSA) is 70.1 Å². The van der Waals surface area contributed by atoms with E-state index in [1.54, 1.807) is 30.5 Å². The minimum Gasteiger partial charge on any atom is -0.461 e. The van der Waals surface area contributed by atoms with Crippen LogP contribution in [0.15, 0.2) is 22.7 Å². The van der Waals surface area contributed by atoms with Crippen molar-refractivity contribution in [1.29, 1.82) is 0 Å². The number of imidazole rings is 1. The lowest BCUT2D eigenvalue weighted by Gasteiger charge is -2.10. The molecule has 0 saturated heterocycles. The predicted molar refractivity (Wildman–Crippen MR) is 81.4 cm³/mol. The average molecular weight is 359 g/mol. The summed E-state index contributed by atoms with van der Waals surface area (Å²) in [5.41, 5.74) is 6.76. The number of ether oxygens (including phenoxy) is 1. The maximum absolute atomic E-state index is 11.8. The number of hydrogen-bond donors (Lipinski definition) is 1. The molecule has 0 saturated carbocycles. The third-order valence-electron chi connectivity index (χ3n) is 2.70. The summed E-state index contributed by atoms with van der Waals surface area (Å²) in [5.74, 6) is 0.236. The Morgan fingerprint density at radius 1 is 1.55 bits per heavy atom. The van der Waals surface area contributed by atoms with Crippen molar-refractivity contribution in [2.24, 2.45) is 0 Å². The molecule has 1 heterocycles. The van der Waals surface area contributed by atoms with Gasteiger partial charge in [-0.1, -0.05) is 27.5 Å². The average Bonchev–Trinajstić information content (AvgIpc) is 2.66. The molecule has 0 aliphatic rings. The molecule has 20 heavy (non-hydrogen) atoms. The second kappa shape index (κ2) is 5.85. The van der Waals surface area contributed by atoms with Crippen LogP contribution in [0, 0.1) is 6.92 Å². The third kappa shape index (κ3) is 2.66. The van der Waals surface area contributed by atoms with E-state index in [0.29, 0.717) is 16.5 Å². The van der Waals surface area contributed by atoms with Crippen LogP contribution >= 0.6 is 27.5 Å². The van der Waals surface area contributed by atoms with Gasteiger partial charge in [-0.05, 0) is 32.0 Å². The molecule has 0 aliphatic heterocycles. The smallest absolute Gasteiger partial charge is 0.360 e. The van der Waals surface area contributed by atoms with Crippen LogP contribution in [0.1, 0.15) is 23.2 Å². The van der Waals surface area contributed by atoms with E-state index in [1.165, 1.54) is 0 Å². The van der Waals surface area contributed by atoms with E-state index in [-0.39, 0.29) is 18.1 Å². The van der Waals surface area contributed by atoms with Gasteiger partial charge in [0, 0.05) is 4.47 Å². The highest BCUT2D eigenvalue weighted by Crippen LogP contribution is 2.29. The van der Waals surface area contributed by atoms with Crippen LogP contribution in [0.25, 0.3) is 5.69 Å². The third-order valence-corrected chi connectivity index (χ3v) is 3.50. The Morgan fingerprint density at radius 3 is 2.85 bits per heavy atom. The van der Waals surface area contributed by atoms with Crippen molar-refractivity contribution < 1.29 is 9.53 Å². The molecule has 1 aromatic carbocycles. The Morgan fingerprint density at radius 2 is 2.25 bits per heavy atom. The lowest BCUT2D eigenvalue weighted by molar-refractivity contribution is 0.0521. The number of carbonyl (C=O) groups is 1. The first-order chi connectivity index (χ1) is 9.45. The molecule has 2 N–H and O–H groups in total. The van der Waals surface area contributed by atoms with Crippen LogP contribution in [-0.2, 0) is 4.74 Å². The van der Waals surface area contributed by atoms with Crippen molar-refractivity contribution in [3.05, 3.63) is 39.2 Å². The lowest BCUT2D eigenvalue weighted by Crippen LogP contribution is -2.09. The van der Waals surface area contributed by atoms with Crippen molar-refractivity contribution in [2.45, 2.75) is 13.8 Å². The molecular formula is C13H13BrClN3O2. The number of esters is 1. The summed E-state index contributed by atoms with van der Waals surface area (Å²) in [4.78, 5) is 15.9. The van der Waals surface area contributed by atoms with Crippen molar-refractivity contribution in [3.8, 4) is 5.69 Å². The molecular weight excluding hydrogens is 346 g/mol. The monoisotopic (exact) mass is 357 g/mol.